The van der Waals surface area contributed by atoms with Crippen LogP contribution in [0, 0.1) is 0 Å². The molecule has 2 rings (SSSR count). The first-order valence-electron chi connectivity index (χ1n) is 7.59. The van der Waals surface area contributed by atoms with Crippen LogP contribution in [-0.2, 0) is 0 Å². The molecule has 0 radical (unpaired) electrons. The highest BCUT2D eigenvalue weighted by atomic mass is 79.9. The Labute approximate surface area is 143 Å². The Bertz CT molecular complexity index is 487. The maximum atomic E-state index is 12.8. The van der Waals surface area contributed by atoms with Crippen molar-refractivity contribution in [2.24, 2.45) is 0 Å². The van der Waals surface area contributed by atoms with Gasteiger partial charge in [0.2, 0.25) is 0 Å². The summed E-state index contributed by atoms with van der Waals surface area (Å²) in [5, 5.41) is 3.53. The van der Waals surface area contributed by atoms with E-state index in [1.54, 1.807) is 0 Å². The first-order valence-corrected chi connectivity index (χ1v) is 9.18. The van der Waals surface area contributed by atoms with Gasteiger partial charge >= 0.3 is 0 Å². The zero-order valence-corrected chi connectivity index (χ0v) is 15.5. The molecule has 3 nitrogen and oxygen atoms in total. The Balaban J connectivity index is 2.12. The maximum absolute atomic E-state index is 12.8. The smallest absolute Gasteiger partial charge is 0.255 e. The Morgan fingerprint density at radius 2 is 2.19 bits per heavy atom. The van der Waals surface area contributed by atoms with Gasteiger partial charge in [0.1, 0.15) is 0 Å². The molecule has 0 bridgehead atoms. The van der Waals surface area contributed by atoms with Crippen LogP contribution in [0.4, 0.5) is 0 Å². The summed E-state index contributed by atoms with van der Waals surface area (Å²) in [5.41, 5.74) is 0.730. The third-order valence-corrected chi connectivity index (χ3v) is 4.98. The Morgan fingerprint density at radius 3 is 2.86 bits per heavy atom. The number of hydrogen-bond donors (Lipinski definition) is 1. The third-order valence-electron chi connectivity index (χ3n) is 3.79. The predicted octanol–water partition coefficient (Wildman–Crippen LogP) is 4.21. The molecule has 1 amide bonds. The fraction of sp³-hybridized carbons (Fsp3) is 0.562. The van der Waals surface area contributed by atoms with E-state index in [1.165, 1.54) is 12.8 Å². The maximum Gasteiger partial charge on any atom is 0.255 e. The van der Waals surface area contributed by atoms with Gasteiger partial charge in [-0.2, -0.15) is 0 Å². The van der Waals surface area contributed by atoms with Crippen LogP contribution in [0.15, 0.2) is 27.1 Å². The molecule has 116 valence electrons. The number of halogens is 2. The molecule has 1 unspecified atom stereocenters. The minimum absolute atomic E-state index is 0.109. The summed E-state index contributed by atoms with van der Waals surface area (Å²) in [6, 6.07) is 6.18. The number of hydrogen-bond acceptors (Lipinski definition) is 2. The van der Waals surface area contributed by atoms with Gasteiger partial charge in [0.15, 0.2) is 0 Å². The van der Waals surface area contributed by atoms with Crippen LogP contribution >= 0.6 is 31.9 Å². The van der Waals surface area contributed by atoms with Crippen molar-refractivity contribution in [2.75, 3.05) is 19.6 Å². The lowest BCUT2D eigenvalue weighted by atomic mass is 10.0. The van der Waals surface area contributed by atoms with Crippen LogP contribution in [0.25, 0.3) is 0 Å². The van der Waals surface area contributed by atoms with Gasteiger partial charge in [0.05, 0.1) is 5.56 Å². The quantitative estimate of drug-likeness (QED) is 0.778. The van der Waals surface area contributed by atoms with E-state index in [-0.39, 0.29) is 5.91 Å². The molecule has 1 N–H and O–H groups in total. The number of amides is 1. The normalized spacial score (nSPS) is 18.5. The summed E-state index contributed by atoms with van der Waals surface area (Å²) in [7, 11) is 0. The van der Waals surface area contributed by atoms with Crippen molar-refractivity contribution in [1.29, 1.82) is 0 Å². The highest BCUT2D eigenvalue weighted by Gasteiger charge is 2.22. The van der Waals surface area contributed by atoms with Crippen molar-refractivity contribution in [1.82, 2.24) is 10.2 Å². The number of benzene rings is 1. The van der Waals surface area contributed by atoms with Gasteiger partial charge in [-0.1, -0.05) is 29.3 Å². The Hall–Kier alpha value is -0.390. The summed E-state index contributed by atoms with van der Waals surface area (Å²) < 4.78 is 1.79. The van der Waals surface area contributed by atoms with Gasteiger partial charge in [-0.05, 0) is 59.9 Å². The van der Waals surface area contributed by atoms with Crippen LogP contribution in [0.3, 0.4) is 0 Å². The highest BCUT2D eigenvalue weighted by molar-refractivity contribution is 9.11. The van der Waals surface area contributed by atoms with E-state index in [0.717, 1.165) is 47.0 Å². The molecule has 1 aliphatic rings. The molecule has 5 heteroatoms. The zero-order valence-electron chi connectivity index (χ0n) is 12.4. The SMILES string of the molecule is CCCN(CC1CCCCN1)C(=O)c1cc(Br)ccc1Br. The van der Waals surface area contributed by atoms with Crippen molar-refractivity contribution in [3.8, 4) is 0 Å². The summed E-state index contributed by atoms with van der Waals surface area (Å²) in [6.45, 7) is 4.78. The number of piperidine rings is 1. The molecule has 1 heterocycles. The number of carbonyl (C=O) groups is 1. The molecule has 0 spiro atoms. The summed E-state index contributed by atoms with van der Waals surface area (Å²) in [4.78, 5) is 14.8. The molecule has 0 aliphatic carbocycles. The molecule has 1 aliphatic heterocycles. The molecule has 1 aromatic carbocycles. The minimum atomic E-state index is 0.109. The average Bonchev–Trinajstić information content (AvgIpc) is 2.49. The van der Waals surface area contributed by atoms with Crippen molar-refractivity contribution >= 4 is 37.8 Å². The molecular weight excluding hydrogens is 396 g/mol. The summed E-state index contributed by atoms with van der Waals surface area (Å²) in [5.74, 6) is 0.109. The van der Waals surface area contributed by atoms with Crippen molar-refractivity contribution < 1.29 is 4.79 Å². The first-order chi connectivity index (χ1) is 10.1. The average molecular weight is 418 g/mol. The second kappa shape index (κ2) is 8.30. The lowest BCUT2D eigenvalue weighted by molar-refractivity contribution is 0.0730. The van der Waals surface area contributed by atoms with E-state index in [1.807, 2.05) is 23.1 Å². The van der Waals surface area contributed by atoms with Crippen molar-refractivity contribution in [3.05, 3.63) is 32.7 Å². The van der Waals surface area contributed by atoms with Gasteiger partial charge in [-0.3, -0.25) is 4.79 Å². The second-order valence-electron chi connectivity index (χ2n) is 5.52. The second-order valence-corrected chi connectivity index (χ2v) is 7.29. The largest absolute Gasteiger partial charge is 0.337 e. The van der Waals surface area contributed by atoms with Gasteiger partial charge in [0, 0.05) is 28.1 Å². The van der Waals surface area contributed by atoms with Crippen LogP contribution in [0.2, 0.25) is 0 Å². The van der Waals surface area contributed by atoms with Gasteiger partial charge in [0.25, 0.3) is 5.91 Å². The summed E-state index contributed by atoms with van der Waals surface area (Å²) >= 11 is 6.94. The van der Waals surface area contributed by atoms with E-state index in [9.17, 15) is 4.79 Å². The fourth-order valence-corrected chi connectivity index (χ4v) is 3.50. The molecule has 1 fully saturated rings. The van der Waals surface area contributed by atoms with Crippen molar-refractivity contribution in [3.63, 3.8) is 0 Å². The van der Waals surface area contributed by atoms with Crippen LogP contribution in [0.5, 0.6) is 0 Å². The number of carbonyl (C=O) groups excluding carboxylic acids is 1. The van der Waals surface area contributed by atoms with E-state index >= 15 is 0 Å². The van der Waals surface area contributed by atoms with E-state index in [0.29, 0.717) is 6.04 Å². The number of rotatable bonds is 5. The molecule has 1 atom stereocenters. The number of nitrogens with zero attached hydrogens (tertiary/aromatic N) is 1. The zero-order chi connectivity index (χ0) is 15.2. The molecule has 21 heavy (non-hydrogen) atoms. The highest BCUT2D eigenvalue weighted by Crippen LogP contribution is 2.23. The Kier molecular flexibility index (Phi) is 6.71. The standard InChI is InChI=1S/C16H22Br2N2O/c1-2-9-20(11-13-5-3-4-8-19-13)16(21)14-10-12(17)6-7-15(14)18/h6-7,10,13,19H,2-5,8-9,11H2,1H3. The predicted molar refractivity (Wildman–Crippen MR) is 93.7 cm³/mol. The first kappa shape index (κ1) is 17.0. The van der Waals surface area contributed by atoms with E-state index in [4.69, 9.17) is 0 Å². The lowest BCUT2D eigenvalue weighted by Gasteiger charge is -2.30. The molecule has 0 saturated carbocycles. The minimum Gasteiger partial charge on any atom is -0.337 e. The van der Waals surface area contributed by atoms with Gasteiger partial charge in [-0.25, -0.2) is 0 Å². The lowest BCUT2D eigenvalue weighted by Crippen LogP contribution is -2.46. The molecule has 1 saturated heterocycles. The van der Waals surface area contributed by atoms with Crippen LogP contribution in [-0.4, -0.2) is 36.5 Å². The fourth-order valence-electron chi connectivity index (χ4n) is 2.72. The van der Waals surface area contributed by atoms with E-state index in [2.05, 4.69) is 44.1 Å². The van der Waals surface area contributed by atoms with Gasteiger partial charge < -0.3 is 10.2 Å². The van der Waals surface area contributed by atoms with Crippen LogP contribution in [0.1, 0.15) is 43.0 Å². The van der Waals surface area contributed by atoms with Gasteiger partial charge in [-0.15, -0.1) is 0 Å². The molecular formula is C16H22Br2N2O. The summed E-state index contributed by atoms with van der Waals surface area (Å²) in [6.07, 6.45) is 4.64. The third kappa shape index (κ3) is 4.80. The van der Waals surface area contributed by atoms with Crippen molar-refractivity contribution in [2.45, 2.75) is 38.6 Å². The topological polar surface area (TPSA) is 32.3 Å². The number of nitrogens with one attached hydrogen (secondary N) is 1. The molecule has 0 aromatic heterocycles. The van der Waals surface area contributed by atoms with E-state index < -0.39 is 0 Å². The molecule has 1 aromatic rings. The Morgan fingerprint density at radius 1 is 1.38 bits per heavy atom. The van der Waals surface area contributed by atoms with Crippen LogP contribution < -0.4 is 5.32 Å². The monoisotopic (exact) mass is 416 g/mol.